The molecule has 0 spiro atoms. The zero-order valence-electron chi connectivity index (χ0n) is 14.4. The monoisotopic (exact) mass is 388 g/mol. The molecule has 0 unspecified atom stereocenters. The van der Waals surface area contributed by atoms with Gasteiger partial charge >= 0.3 is 12.0 Å². The lowest BCUT2D eigenvalue weighted by Crippen LogP contribution is -2.46. The summed E-state index contributed by atoms with van der Waals surface area (Å²) in [4.78, 5) is 25.6. The molecule has 136 valence electrons. The van der Waals surface area contributed by atoms with Gasteiger partial charge in [0.05, 0.1) is 18.2 Å². The van der Waals surface area contributed by atoms with E-state index < -0.39 is 12.0 Å². The van der Waals surface area contributed by atoms with Gasteiger partial charge in [-0.2, -0.15) is 11.8 Å². The molecule has 7 heteroatoms. The zero-order valence-corrected chi connectivity index (χ0v) is 16.0. The number of thioether (sulfide) groups is 1. The highest BCUT2D eigenvalue weighted by molar-refractivity contribution is 7.98. The molecule has 2 N–H and O–H groups in total. The highest BCUT2D eigenvalue weighted by atomic mass is 32.2. The molecular formula is C19H20N2O3S2. The maximum absolute atomic E-state index is 12.6. The van der Waals surface area contributed by atoms with Gasteiger partial charge in [-0.25, -0.2) is 9.59 Å². The maximum Gasteiger partial charge on any atom is 0.338 e. The molecular weight excluding hydrogens is 368 g/mol. The van der Waals surface area contributed by atoms with E-state index in [-0.39, 0.29) is 12.6 Å². The second kappa shape index (κ2) is 8.91. The largest absolute Gasteiger partial charge is 0.463 e. The van der Waals surface area contributed by atoms with Gasteiger partial charge in [0.15, 0.2) is 0 Å². The molecule has 26 heavy (non-hydrogen) atoms. The Morgan fingerprint density at radius 2 is 2.00 bits per heavy atom. The average Bonchev–Trinajstić information content (AvgIpc) is 3.17. The number of benzene rings is 1. The minimum Gasteiger partial charge on any atom is -0.463 e. The van der Waals surface area contributed by atoms with Gasteiger partial charge in [-0.05, 0) is 23.9 Å². The Hall–Kier alpha value is -2.25. The van der Waals surface area contributed by atoms with E-state index >= 15 is 0 Å². The highest BCUT2D eigenvalue weighted by Gasteiger charge is 2.34. The molecule has 0 fully saturated rings. The molecule has 2 heterocycles. The molecule has 0 radical (unpaired) electrons. The third kappa shape index (κ3) is 4.47. The first-order valence-corrected chi connectivity index (χ1v) is 10.3. The van der Waals surface area contributed by atoms with Crippen LogP contribution >= 0.6 is 23.1 Å². The predicted molar refractivity (Wildman–Crippen MR) is 105 cm³/mol. The molecule has 0 saturated heterocycles. The van der Waals surface area contributed by atoms with E-state index in [4.69, 9.17) is 4.74 Å². The Kier molecular flexibility index (Phi) is 6.35. The van der Waals surface area contributed by atoms with Crippen molar-refractivity contribution in [3.8, 4) is 0 Å². The Morgan fingerprint density at radius 1 is 1.19 bits per heavy atom. The zero-order chi connectivity index (χ0) is 18.4. The number of carbonyl (C=O) groups is 2. The van der Waals surface area contributed by atoms with Crippen LogP contribution in [0.2, 0.25) is 0 Å². The summed E-state index contributed by atoms with van der Waals surface area (Å²) in [6, 6.07) is 13.1. The van der Waals surface area contributed by atoms with E-state index in [1.807, 2.05) is 35.7 Å². The topological polar surface area (TPSA) is 67.4 Å². The number of rotatable bonds is 7. The van der Waals surface area contributed by atoms with Crippen molar-refractivity contribution in [2.24, 2.45) is 0 Å². The Balaban J connectivity index is 1.83. The summed E-state index contributed by atoms with van der Waals surface area (Å²) in [7, 11) is 0. The van der Waals surface area contributed by atoms with Crippen molar-refractivity contribution in [3.63, 3.8) is 0 Å². The predicted octanol–water partition coefficient (Wildman–Crippen LogP) is 3.85. The lowest BCUT2D eigenvalue weighted by molar-refractivity contribution is -0.139. The van der Waals surface area contributed by atoms with Gasteiger partial charge in [0.25, 0.3) is 0 Å². The summed E-state index contributed by atoms with van der Waals surface area (Å²) in [5.41, 5.74) is 2.30. The number of thiophene rings is 1. The first-order valence-electron chi connectivity index (χ1n) is 8.31. The molecule has 0 saturated carbocycles. The normalized spacial score (nSPS) is 16.8. The van der Waals surface area contributed by atoms with Gasteiger partial charge in [0.1, 0.15) is 0 Å². The fourth-order valence-corrected chi connectivity index (χ4v) is 4.44. The molecule has 0 bridgehead atoms. The number of urea groups is 1. The minimum absolute atomic E-state index is 0.290. The number of hydrogen-bond acceptors (Lipinski definition) is 5. The van der Waals surface area contributed by atoms with E-state index in [0.717, 1.165) is 10.6 Å². The van der Waals surface area contributed by atoms with E-state index in [1.165, 1.54) is 16.9 Å². The standard InChI is InChI=1S/C19H20N2O3S2/c1-2-24-18(22)16-14(12-25-11-13-7-4-3-5-8-13)20-19(23)21-17(16)15-9-6-10-26-15/h3-10,17H,2,11-12H2,1H3,(H2,20,21,23)/t17-/m1/s1. The molecule has 2 amide bonds. The molecule has 0 aliphatic carbocycles. The fraction of sp³-hybridized carbons (Fsp3) is 0.263. The van der Waals surface area contributed by atoms with Crippen LogP contribution in [0, 0.1) is 0 Å². The van der Waals surface area contributed by atoms with Crippen LogP contribution in [0.25, 0.3) is 0 Å². The Labute approximate surface area is 160 Å². The highest BCUT2D eigenvalue weighted by Crippen LogP contribution is 2.32. The van der Waals surface area contributed by atoms with Gasteiger partial charge in [0.2, 0.25) is 0 Å². The number of hydrogen-bond donors (Lipinski definition) is 2. The van der Waals surface area contributed by atoms with Crippen molar-refractivity contribution in [2.75, 3.05) is 12.4 Å². The molecule has 5 nitrogen and oxygen atoms in total. The molecule has 1 aromatic carbocycles. The smallest absolute Gasteiger partial charge is 0.338 e. The van der Waals surface area contributed by atoms with Crippen molar-refractivity contribution in [2.45, 2.75) is 18.7 Å². The minimum atomic E-state index is -0.477. The second-order valence-electron chi connectivity index (χ2n) is 5.64. The van der Waals surface area contributed by atoms with Gasteiger partial charge in [-0.15, -0.1) is 11.3 Å². The fourth-order valence-electron chi connectivity index (χ4n) is 2.70. The van der Waals surface area contributed by atoms with Gasteiger partial charge in [-0.3, -0.25) is 0 Å². The van der Waals surface area contributed by atoms with E-state index in [2.05, 4.69) is 22.8 Å². The number of amides is 2. The number of carbonyl (C=O) groups excluding carboxylic acids is 2. The molecule has 1 aliphatic rings. The lowest BCUT2D eigenvalue weighted by Gasteiger charge is -2.28. The molecule has 1 aliphatic heterocycles. The third-order valence-electron chi connectivity index (χ3n) is 3.83. The molecule has 3 rings (SSSR count). The van der Waals surface area contributed by atoms with Crippen LogP contribution in [0.15, 0.2) is 59.1 Å². The Morgan fingerprint density at radius 3 is 2.69 bits per heavy atom. The molecule has 2 aromatic rings. The third-order valence-corrected chi connectivity index (χ3v) is 5.80. The summed E-state index contributed by atoms with van der Waals surface area (Å²) in [6.45, 7) is 2.06. The van der Waals surface area contributed by atoms with Crippen LogP contribution in [0.5, 0.6) is 0 Å². The number of nitrogens with one attached hydrogen (secondary N) is 2. The quantitative estimate of drug-likeness (QED) is 0.707. The van der Waals surface area contributed by atoms with E-state index in [0.29, 0.717) is 17.0 Å². The van der Waals surface area contributed by atoms with E-state index in [1.54, 1.807) is 18.7 Å². The van der Waals surface area contributed by atoms with Gasteiger partial charge in [-0.1, -0.05) is 36.4 Å². The summed E-state index contributed by atoms with van der Waals surface area (Å²) in [6.07, 6.45) is 0. The van der Waals surface area contributed by atoms with Crippen LogP contribution in [0.3, 0.4) is 0 Å². The summed E-state index contributed by atoms with van der Waals surface area (Å²) < 4.78 is 5.25. The second-order valence-corrected chi connectivity index (χ2v) is 7.60. The maximum atomic E-state index is 12.6. The number of esters is 1. The van der Waals surface area contributed by atoms with Crippen LogP contribution in [0.4, 0.5) is 4.79 Å². The SMILES string of the molecule is CCOC(=O)C1=C(CSCc2ccccc2)NC(=O)N[C@@H]1c1cccs1. The summed E-state index contributed by atoms with van der Waals surface area (Å²) in [5, 5.41) is 7.56. The van der Waals surface area contributed by atoms with Crippen molar-refractivity contribution < 1.29 is 14.3 Å². The van der Waals surface area contributed by atoms with Crippen LogP contribution in [-0.2, 0) is 15.3 Å². The molecule has 1 atom stereocenters. The molecule has 1 aromatic heterocycles. The van der Waals surface area contributed by atoms with Crippen molar-refractivity contribution >= 4 is 35.1 Å². The first kappa shape index (κ1) is 18.5. The summed E-state index contributed by atoms with van der Waals surface area (Å²) in [5.74, 6) is 0.930. The van der Waals surface area contributed by atoms with Crippen molar-refractivity contribution in [3.05, 3.63) is 69.6 Å². The lowest BCUT2D eigenvalue weighted by atomic mass is 10.0. The van der Waals surface area contributed by atoms with Crippen LogP contribution in [0.1, 0.15) is 23.4 Å². The van der Waals surface area contributed by atoms with Crippen molar-refractivity contribution in [1.82, 2.24) is 10.6 Å². The van der Waals surface area contributed by atoms with Gasteiger partial charge < -0.3 is 15.4 Å². The van der Waals surface area contributed by atoms with Crippen LogP contribution < -0.4 is 10.6 Å². The first-order chi connectivity index (χ1) is 12.7. The van der Waals surface area contributed by atoms with Crippen LogP contribution in [-0.4, -0.2) is 24.4 Å². The van der Waals surface area contributed by atoms with Crippen molar-refractivity contribution in [1.29, 1.82) is 0 Å². The Bertz CT molecular complexity index is 788. The van der Waals surface area contributed by atoms with Gasteiger partial charge in [0, 0.05) is 22.1 Å². The van der Waals surface area contributed by atoms with E-state index in [9.17, 15) is 9.59 Å². The number of ether oxygens (including phenoxy) is 1. The average molecular weight is 389 g/mol. The summed E-state index contributed by atoms with van der Waals surface area (Å²) >= 11 is 3.15.